The van der Waals surface area contributed by atoms with Gasteiger partial charge in [0.2, 0.25) is 17.7 Å². The SMILES string of the molecule is CC1(C)S[C@@H]2[C@H](NC(=O)[C@H](N)c3ccc(O)cc3)C(=O)N2[C@H]1C(=O)O.COC(=O)[C@H](Cc1ccccc1)NC(=O)[C@@H](N)CC(=O)O.NCC(=O)O.O.O.O.O=C(O)CC(CC(=O)O)(OC(=O)[O-])C(=O)O.[Na+]. The molecule has 71 heavy (non-hydrogen) atoms. The maximum absolute atomic E-state index is 12.3. The summed E-state index contributed by atoms with van der Waals surface area (Å²) in [7, 11) is 1.21. The van der Waals surface area contributed by atoms with Crippen LogP contribution in [0.3, 0.4) is 0 Å². The third-order valence-corrected chi connectivity index (χ3v) is 10.6. The summed E-state index contributed by atoms with van der Waals surface area (Å²) in [6.07, 6.45) is -5.22. The smallest absolute Gasteiger partial charge is 0.530 e. The number of benzene rings is 2. The Kier molecular flexibility index (Phi) is 32.2. The van der Waals surface area contributed by atoms with Crippen molar-refractivity contribution in [3.63, 3.8) is 0 Å². The van der Waals surface area contributed by atoms with Crippen LogP contribution >= 0.6 is 11.8 Å². The molecule has 2 aliphatic rings. The van der Waals surface area contributed by atoms with Gasteiger partial charge in [0, 0.05) is 11.2 Å². The summed E-state index contributed by atoms with van der Waals surface area (Å²) in [6.45, 7) is 3.26. The van der Waals surface area contributed by atoms with Gasteiger partial charge in [-0.25, -0.2) is 14.4 Å². The van der Waals surface area contributed by atoms with Crippen molar-refractivity contribution in [1.82, 2.24) is 15.5 Å². The first-order chi connectivity index (χ1) is 31.0. The first-order valence-electron chi connectivity index (χ1n) is 19.0. The molecule has 2 aliphatic heterocycles. The Morgan fingerprint density at radius 3 is 1.70 bits per heavy atom. The second-order valence-electron chi connectivity index (χ2n) is 14.5. The molecule has 3 amide bonds. The van der Waals surface area contributed by atoms with Gasteiger partial charge in [-0.05, 0) is 37.1 Å². The minimum absolute atomic E-state index is 0. The van der Waals surface area contributed by atoms with Crippen molar-refractivity contribution in [3.05, 3.63) is 65.7 Å². The van der Waals surface area contributed by atoms with Gasteiger partial charge in [-0.2, -0.15) is 0 Å². The number of ether oxygens (including phenoxy) is 2. The zero-order valence-corrected chi connectivity index (χ0v) is 40.9. The van der Waals surface area contributed by atoms with Gasteiger partial charge in [0.1, 0.15) is 35.3 Å². The largest absolute Gasteiger partial charge is 1.00 e. The van der Waals surface area contributed by atoms with E-state index >= 15 is 0 Å². The van der Waals surface area contributed by atoms with E-state index in [4.69, 9.17) is 37.0 Å². The number of hydrogen-bond donors (Lipinski definition) is 12. The number of carbonyl (C=O) groups is 11. The molecule has 32 heteroatoms. The average Bonchev–Trinajstić information content (AvgIpc) is 3.49. The standard InChI is InChI=1S/C16H19N3O5S.C14H18N2O5.C7H8O9.C2H5NO2.Na.3H2O/c1-16(2)11(15(23)24)19-13(22)10(14(19)25-16)18-12(21)9(17)7-3-5-8(20)6-4-7;1-21-14(20)11(7-9-5-3-2-4-6-9)16-13(19)10(15)8-12(17)18;8-3(9)1-7(5(12)13,2-4(10)11)16-6(14)15;3-1-2(4)5;;;;/h3-6,9-11,14,20H,17H2,1-2H3,(H,18,21)(H,23,24);2-6,10-11H,7-8,15H2,1H3,(H,16,19)(H,17,18);1-2H2,(H,8,9)(H,10,11)(H,12,13)(H,14,15);1,3H2,(H,4,5);;3*1H2/q;;;;+1;;;/p-1/t9-,10-,11+,14-;10-,11-;;;;;;/m10....../s1. The molecule has 0 aliphatic carbocycles. The maximum atomic E-state index is 12.3. The molecular formula is C39H55N6NaO24S. The van der Waals surface area contributed by atoms with Gasteiger partial charge in [0.25, 0.3) is 6.16 Å². The molecule has 0 bridgehead atoms. The number of amides is 3. The summed E-state index contributed by atoms with van der Waals surface area (Å²) in [5, 5.41) is 75.0. The number of methoxy groups -OCH3 is 1. The number of hydrogen-bond acceptors (Lipinski definition) is 19. The number of aliphatic carboxylic acids is 6. The van der Waals surface area contributed by atoms with E-state index in [-0.39, 0.29) is 64.7 Å². The Morgan fingerprint density at radius 2 is 1.31 bits per heavy atom. The van der Waals surface area contributed by atoms with E-state index in [2.05, 4.69) is 25.8 Å². The molecule has 21 N–H and O–H groups in total. The molecule has 0 unspecified atom stereocenters. The number of esters is 1. The van der Waals surface area contributed by atoms with Gasteiger partial charge in [0.05, 0.1) is 39.0 Å². The molecule has 0 aromatic heterocycles. The van der Waals surface area contributed by atoms with Crippen molar-refractivity contribution in [2.75, 3.05) is 13.7 Å². The normalized spacial score (nSPS) is 16.6. The van der Waals surface area contributed by atoms with Crippen molar-refractivity contribution < 1.29 is 149 Å². The fourth-order valence-corrected chi connectivity index (χ4v) is 7.57. The number of phenols is 1. The number of nitrogens with one attached hydrogen (secondary N) is 2. The number of nitrogens with two attached hydrogens (primary N) is 3. The molecule has 2 aromatic carbocycles. The van der Waals surface area contributed by atoms with E-state index in [1.54, 1.807) is 26.0 Å². The third kappa shape index (κ3) is 22.3. The van der Waals surface area contributed by atoms with Crippen LogP contribution in [0.25, 0.3) is 0 Å². The summed E-state index contributed by atoms with van der Waals surface area (Å²) in [6, 6.07) is 10.1. The fourth-order valence-electron chi connectivity index (χ4n) is 5.94. The van der Waals surface area contributed by atoms with Crippen LogP contribution in [0.4, 0.5) is 4.79 Å². The molecule has 392 valence electrons. The average molecular weight is 1050 g/mol. The van der Waals surface area contributed by atoms with Crippen LogP contribution < -0.4 is 62.5 Å². The van der Waals surface area contributed by atoms with Crippen molar-refractivity contribution in [3.8, 4) is 5.75 Å². The van der Waals surface area contributed by atoms with Gasteiger partial charge in [0.15, 0.2) is 5.60 Å². The number of fused-ring (bicyclic) bond motifs is 1. The van der Waals surface area contributed by atoms with Crippen molar-refractivity contribution in [2.24, 2.45) is 17.2 Å². The summed E-state index contributed by atoms with van der Waals surface area (Å²) in [5.74, 6) is -10.9. The number of carbonyl (C=O) groups excluding carboxylic acids is 5. The molecule has 2 fully saturated rings. The van der Waals surface area contributed by atoms with Crippen LogP contribution in [0, 0.1) is 0 Å². The van der Waals surface area contributed by atoms with E-state index < -0.39 is 131 Å². The van der Waals surface area contributed by atoms with E-state index in [0.717, 1.165) is 5.56 Å². The van der Waals surface area contributed by atoms with Gasteiger partial charge in [-0.15, -0.1) is 11.8 Å². The second kappa shape index (κ2) is 32.3. The summed E-state index contributed by atoms with van der Waals surface area (Å²) >= 11 is 1.35. The maximum Gasteiger partial charge on any atom is 1.00 e. The van der Waals surface area contributed by atoms with Crippen LogP contribution in [-0.4, -0.2) is 176 Å². The van der Waals surface area contributed by atoms with Crippen molar-refractivity contribution in [1.29, 1.82) is 0 Å². The fraction of sp³-hybridized carbons (Fsp3) is 0.410. The third-order valence-electron chi connectivity index (χ3n) is 9.04. The Labute approximate surface area is 428 Å². The summed E-state index contributed by atoms with van der Waals surface area (Å²) in [4.78, 5) is 122. The molecule has 4 rings (SSSR count). The van der Waals surface area contributed by atoms with Gasteiger partial charge in [-0.3, -0.25) is 33.6 Å². The van der Waals surface area contributed by atoms with E-state index in [0.29, 0.717) is 5.56 Å². The predicted molar refractivity (Wildman–Crippen MR) is 234 cm³/mol. The Morgan fingerprint density at radius 1 is 0.817 bits per heavy atom. The second-order valence-corrected chi connectivity index (χ2v) is 16.3. The van der Waals surface area contributed by atoms with Crippen LogP contribution in [0.1, 0.15) is 50.3 Å². The van der Waals surface area contributed by atoms with Crippen molar-refractivity contribution >= 4 is 77.4 Å². The Bertz CT molecular complexity index is 2110. The van der Waals surface area contributed by atoms with Gasteiger partial charge < -0.3 is 104 Å². The molecule has 2 saturated heterocycles. The van der Waals surface area contributed by atoms with Crippen LogP contribution in [-0.2, 0) is 63.8 Å². The number of β-lactam (4-membered cyclic amide) rings is 1. The minimum Gasteiger partial charge on any atom is -0.530 e. The number of carboxylic acid groups (broad SMARTS) is 7. The zero-order valence-electron chi connectivity index (χ0n) is 38.1. The van der Waals surface area contributed by atoms with Gasteiger partial charge >= 0.3 is 71.3 Å². The summed E-state index contributed by atoms with van der Waals surface area (Å²) in [5.41, 5.74) is 14.4. The molecule has 30 nitrogen and oxygen atoms in total. The van der Waals surface area contributed by atoms with E-state index in [1.807, 2.05) is 18.2 Å². The number of rotatable bonds is 18. The topological polar surface area (TPSA) is 571 Å². The molecule has 0 spiro atoms. The molecule has 0 saturated carbocycles. The number of aromatic hydroxyl groups is 1. The Hall–Kier alpha value is -6.68. The number of phenolic OH excluding ortho intramolecular Hbond substituents is 1. The minimum atomic E-state index is -2.88. The number of nitrogens with zero attached hydrogens (tertiary/aromatic N) is 1. The molecule has 2 aromatic rings. The monoisotopic (exact) mass is 1050 g/mol. The Balaban J connectivity index is -0.000000449. The quantitative estimate of drug-likeness (QED) is 0.0375. The predicted octanol–water partition coefficient (Wildman–Crippen LogP) is -8.61. The first-order valence-corrected chi connectivity index (χ1v) is 19.9. The zero-order chi connectivity index (χ0) is 51.6. The van der Waals surface area contributed by atoms with Crippen molar-refractivity contribution in [2.45, 2.75) is 85.5 Å². The van der Waals surface area contributed by atoms with Gasteiger partial charge in [-0.1, -0.05) is 42.5 Å². The first kappa shape index (κ1) is 70.9. The van der Waals surface area contributed by atoms with E-state index in [1.165, 1.54) is 48.0 Å². The molecule has 0 radical (unpaired) electrons. The van der Waals surface area contributed by atoms with Crippen LogP contribution in [0.5, 0.6) is 5.75 Å². The molecule has 2 heterocycles. The molecule has 6 atom stereocenters. The number of thioether (sulfide) groups is 1. The van der Waals surface area contributed by atoms with Crippen LogP contribution in [0.15, 0.2) is 54.6 Å². The molecular weight excluding hydrogens is 992 g/mol. The van der Waals surface area contributed by atoms with Crippen LogP contribution in [0.2, 0.25) is 0 Å². The summed E-state index contributed by atoms with van der Waals surface area (Å²) < 4.78 is 7.75. The van der Waals surface area contributed by atoms with E-state index in [9.17, 15) is 68.1 Å². The number of carboxylic acids is 6.